The number of anilines is 2. The van der Waals surface area contributed by atoms with E-state index in [2.05, 4.69) is 24.3 Å². The molecule has 1 unspecified atom stereocenters. The molecule has 0 aliphatic carbocycles. The number of aliphatic hydroxyl groups excluding tert-OH is 1. The quantitative estimate of drug-likeness (QED) is 0.711. The van der Waals surface area contributed by atoms with Crippen LogP contribution in [-0.2, 0) is 0 Å². The number of nitrogens with two attached hydrogens (primary N) is 1. The van der Waals surface area contributed by atoms with Gasteiger partial charge in [0.1, 0.15) is 5.82 Å². The van der Waals surface area contributed by atoms with E-state index in [4.69, 9.17) is 5.73 Å². The van der Waals surface area contributed by atoms with Crippen LogP contribution in [0.1, 0.15) is 38.9 Å². The van der Waals surface area contributed by atoms with Crippen molar-refractivity contribution in [2.75, 3.05) is 17.7 Å². The van der Waals surface area contributed by atoms with Crippen LogP contribution in [-0.4, -0.2) is 27.5 Å². The lowest BCUT2D eigenvalue weighted by atomic mass is 10.2. The minimum atomic E-state index is 0.0240. The molecule has 5 nitrogen and oxygen atoms in total. The van der Waals surface area contributed by atoms with Gasteiger partial charge in [0.2, 0.25) is 0 Å². The predicted octanol–water partition coefficient (Wildman–Crippen LogP) is 1.54. The third-order valence-corrected chi connectivity index (χ3v) is 2.67. The molecule has 1 aromatic rings. The Labute approximate surface area is 96.6 Å². The van der Waals surface area contributed by atoms with Gasteiger partial charge in [0.15, 0.2) is 0 Å². The summed E-state index contributed by atoms with van der Waals surface area (Å²) in [4.78, 5) is 0. The van der Waals surface area contributed by atoms with Crippen LogP contribution < -0.4 is 11.1 Å². The highest BCUT2D eigenvalue weighted by Gasteiger charge is 2.16. The van der Waals surface area contributed by atoms with Gasteiger partial charge in [0, 0.05) is 6.04 Å². The van der Waals surface area contributed by atoms with Gasteiger partial charge in [-0.05, 0) is 27.2 Å². The number of nitrogen functional groups attached to an aromatic ring is 1. The first-order valence-corrected chi connectivity index (χ1v) is 5.73. The molecule has 0 spiro atoms. The molecule has 5 heteroatoms. The normalized spacial score (nSPS) is 13.1. The third-order valence-electron chi connectivity index (χ3n) is 2.67. The number of aryl methyl sites for hydroxylation is 1. The SMILES string of the molecule is CCC(CO)Nc1c(N)c(C)nn1C(C)C. The van der Waals surface area contributed by atoms with Crippen LogP contribution in [0.4, 0.5) is 11.5 Å². The van der Waals surface area contributed by atoms with E-state index in [1.807, 2.05) is 18.5 Å². The molecule has 0 aromatic carbocycles. The molecule has 0 bridgehead atoms. The van der Waals surface area contributed by atoms with Crippen LogP contribution in [0, 0.1) is 6.92 Å². The van der Waals surface area contributed by atoms with Crippen LogP contribution in [0.5, 0.6) is 0 Å². The van der Waals surface area contributed by atoms with Crippen molar-refractivity contribution < 1.29 is 5.11 Å². The van der Waals surface area contributed by atoms with E-state index < -0.39 is 0 Å². The van der Waals surface area contributed by atoms with Crippen molar-refractivity contribution in [3.05, 3.63) is 5.69 Å². The number of nitrogens with zero attached hydrogens (tertiary/aromatic N) is 2. The highest BCUT2D eigenvalue weighted by Crippen LogP contribution is 2.26. The van der Waals surface area contributed by atoms with Gasteiger partial charge in [-0.2, -0.15) is 5.10 Å². The smallest absolute Gasteiger partial charge is 0.148 e. The van der Waals surface area contributed by atoms with E-state index >= 15 is 0 Å². The fraction of sp³-hybridized carbons (Fsp3) is 0.727. The Balaban J connectivity index is 3.01. The Morgan fingerprint density at radius 2 is 2.12 bits per heavy atom. The second-order valence-corrected chi connectivity index (χ2v) is 4.32. The molecule has 0 amide bonds. The molecule has 0 saturated carbocycles. The van der Waals surface area contributed by atoms with E-state index in [1.165, 1.54) is 0 Å². The minimum absolute atomic E-state index is 0.0240. The van der Waals surface area contributed by atoms with Crippen molar-refractivity contribution in [2.45, 2.75) is 46.2 Å². The van der Waals surface area contributed by atoms with Crippen LogP contribution in [0.25, 0.3) is 0 Å². The van der Waals surface area contributed by atoms with Crippen LogP contribution in [0.3, 0.4) is 0 Å². The zero-order valence-corrected chi connectivity index (χ0v) is 10.5. The third kappa shape index (κ3) is 2.47. The molecule has 16 heavy (non-hydrogen) atoms. The summed E-state index contributed by atoms with van der Waals surface area (Å²) < 4.78 is 1.86. The second kappa shape index (κ2) is 5.21. The zero-order valence-electron chi connectivity index (χ0n) is 10.5. The summed E-state index contributed by atoms with van der Waals surface area (Å²) in [5.74, 6) is 0.813. The van der Waals surface area contributed by atoms with Gasteiger partial charge >= 0.3 is 0 Å². The van der Waals surface area contributed by atoms with Crippen molar-refractivity contribution in [1.29, 1.82) is 0 Å². The summed E-state index contributed by atoms with van der Waals surface area (Å²) in [6, 6.07) is 0.269. The molecule has 1 rings (SSSR count). The summed E-state index contributed by atoms with van der Waals surface area (Å²) in [6.07, 6.45) is 0.845. The first-order chi connectivity index (χ1) is 7.51. The van der Waals surface area contributed by atoms with Gasteiger partial charge in [-0.3, -0.25) is 0 Å². The number of aliphatic hydroxyl groups is 1. The Bertz CT molecular complexity index is 342. The molecule has 1 heterocycles. The van der Waals surface area contributed by atoms with Crippen LogP contribution in [0.15, 0.2) is 0 Å². The van der Waals surface area contributed by atoms with Gasteiger partial charge in [-0.15, -0.1) is 0 Å². The van der Waals surface area contributed by atoms with Crippen molar-refractivity contribution >= 4 is 11.5 Å². The van der Waals surface area contributed by atoms with Crippen molar-refractivity contribution in [3.8, 4) is 0 Å². The first kappa shape index (κ1) is 12.8. The number of nitrogens with one attached hydrogen (secondary N) is 1. The van der Waals surface area contributed by atoms with Crippen LogP contribution >= 0.6 is 0 Å². The average molecular weight is 226 g/mol. The lowest BCUT2D eigenvalue weighted by Gasteiger charge is -2.18. The summed E-state index contributed by atoms with van der Waals surface area (Å²) >= 11 is 0. The van der Waals surface area contributed by atoms with Crippen molar-refractivity contribution in [1.82, 2.24) is 9.78 Å². The molecule has 0 radical (unpaired) electrons. The van der Waals surface area contributed by atoms with E-state index in [0.29, 0.717) is 5.69 Å². The van der Waals surface area contributed by atoms with Gasteiger partial charge in [-0.25, -0.2) is 4.68 Å². The molecule has 0 saturated heterocycles. The number of hydrogen-bond donors (Lipinski definition) is 3. The molecule has 4 N–H and O–H groups in total. The molecule has 0 aliphatic heterocycles. The molecule has 92 valence electrons. The molecule has 1 aromatic heterocycles. The maximum Gasteiger partial charge on any atom is 0.148 e. The van der Waals surface area contributed by atoms with Gasteiger partial charge in [-0.1, -0.05) is 6.92 Å². The Hall–Kier alpha value is -1.23. The van der Waals surface area contributed by atoms with E-state index in [1.54, 1.807) is 0 Å². The minimum Gasteiger partial charge on any atom is -0.394 e. The fourth-order valence-electron chi connectivity index (χ4n) is 1.55. The first-order valence-electron chi connectivity index (χ1n) is 5.73. The highest BCUT2D eigenvalue weighted by atomic mass is 16.3. The molecular formula is C11H22N4O. The second-order valence-electron chi connectivity index (χ2n) is 4.32. The van der Waals surface area contributed by atoms with Crippen molar-refractivity contribution in [2.24, 2.45) is 0 Å². The molecule has 1 atom stereocenters. The van der Waals surface area contributed by atoms with E-state index in [-0.39, 0.29) is 18.7 Å². The maximum absolute atomic E-state index is 9.18. The lowest BCUT2D eigenvalue weighted by molar-refractivity contribution is 0.271. The Morgan fingerprint density at radius 3 is 2.56 bits per heavy atom. The zero-order chi connectivity index (χ0) is 12.3. The van der Waals surface area contributed by atoms with Gasteiger partial charge in [0.25, 0.3) is 0 Å². The topological polar surface area (TPSA) is 76.1 Å². The fourth-order valence-corrected chi connectivity index (χ4v) is 1.55. The monoisotopic (exact) mass is 226 g/mol. The predicted molar refractivity (Wildman–Crippen MR) is 66.5 cm³/mol. The molecule has 0 aliphatic rings. The highest BCUT2D eigenvalue weighted by molar-refractivity contribution is 5.65. The summed E-state index contributed by atoms with van der Waals surface area (Å²) in [7, 11) is 0. The summed E-state index contributed by atoms with van der Waals surface area (Å²) in [5, 5.41) is 16.8. The standard InChI is InChI=1S/C11H22N4O/c1-5-9(6-16)13-11-10(12)8(4)14-15(11)7(2)3/h7,9,13,16H,5-6,12H2,1-4H3. The summed E-state index contributed by atoms with van der Waals surface area (Å²) in [5.41, 5.74) is 7.46. The van der Waals surface area contributed by atoms with E-state index in [0.717, 1.165) is 17.9 Å². The van der Waals surface area contributed by atoms with Crippen molar-refractivity contribution in [3.63, 3.8) is 0 Å². The van der Waals surface area contributed by atoms with Gasteiger partial charge < -0.3 is 16.2 Å². The number of aromatic nitrogens is 2. The Kier molecular flexibility index (Phi) is 4.18. The average Bonchev–Trinajstić information content (AvgIpc) is 2.53. The number of rotatable bonds is 5. The Morgan fingerprint density at radius 1 is 1.50 bits per heavy atom. The van der Waals surface area contributed by atoms with Gasteiger partial charge in [0.05, 0.1) is 24.0 Å². The molecular weight excluding hydrogens is 204 g/mol. The largest absolute Gasteiger partial charge is 0.394 e. The maximum atomic E-state index is 9.18. The molecule has 0 fully saturated rings. The van der Waals surface area contributed by atoms with E-state index in [9.17, 15) is 5.11 Å². The van der Waals surface area contributed by atoms with Crippen LogP contribution in [0.2, 0.25) is 0 Å². The lowest BCUT2D eigenvalue weighted by Crippen LogP contribution is -2.25. The number of hydrogen-bond acceptors (Lipinski definition) is 4. The summed E-state index contributed by atoms with van der Waals surface area (Å²) in [6.45, 7) is 8.11.